The van der Waals surface area contributed by atoms with E-state index < -0.39 is 0 Å². The molecule has 3 rings (SSSR count). The molecule has 1 atom stereocenters. The number of rotatable bonds is 4. The summed E-state index contributed by atoms with van der Waals surface area (Å²) >= 11 is 5.96. The van der Waals surface area contributed by atoms with Gasteiger partial charge < -0.3 is 5.32 Å². The number of nitrogens with zero attached hydrogens (tertiary/aromatic N) is 5. The number of nitrogens with one attached hydrogen (secondary N) is 1. The topological polar surface area (TPSA) is 68.5 Å². The van der Waals surface area contributed by atoms with Crippen molar-refractivity contribution >= 4 is 17.4 Å². The van der Waals surface area contributed by atoms with E-state index in [1.807, 2.05) is 25.1 Å². The van der Waals surface area contributed by atoms with Gasteiger partial charge in [-0.25, -0.2) is 19.6 Å². The van der Waals surface area contributed by atoms with Gasteiger partial charge in [-0.05, 0) is 31.5 Å². The third-order valence-electron chi connectivity index (χ3n) is 3.22. The third kappa shape index (κ3) is 3.23. The lowest BCUT2D eigenvalue weighted by Crippen LogP contribution is -2.09. The Morgan fingerprint density at radius 2 is 2.09 bits per heavy atom. The van der Waals surface area contributed by atoms with Crippen LogP contribution >= 0.6 is 11.6 Å². The lowest BCUT2D eigenvalue weighted by Gasteiger charge is -2.16. The summed E-state index contributed by atoms with van der Waals surface area (Å²) in [5.74, 6) is 1.34. The molecule has 1 N–H and O–H groups in total. The Labute approximate surface area is 133 Å². The van der Waals surface area contributed by atoms with Gasteiger partial charge in [0, 0.05) is 6.07 Å². The quantitative estimate of drug-likeness (QED) is 0.749. The molecule has 22 heavy (non-hydrogen) atoms. The maximum atomic E-state index is 5.96. The van der Waals surface area contributed by atoms with Gasteiger partial charge in [0.05, 0.1) is 11.7 Å². The number of hydrogen-bond donors (Lipinski definition) is 1. The monoisotopic (exact) mass is 314 g/mol. The van der Waals surface area contributed by atoms with Crippen LogP contribution in [0.1, 0.15) is 24.4 Å². The van der Waals surface area contributed by atoms with Crippen molar-refractivity contribution in [2.45, 2.75) is 19.9 Å². The molecule has 0 unspecified atom stereocenters. The van der Waals surface area contributed by atoms with Crippen molar-refractivity contribution in [1.29, 1.82) is 0 Å². The highest BCUT2D eigenvalue weighted by Gasteiger charge is 2.09. The van der Waals surface area contributed by atoms with E-state index in [0.29, 0.717) is 16.8 Å². The maximum absolute atomic E-state index is 5.96. The predicted molar refractivity (Wildman–Crippen MR) is 85.2 cm³/mol. The van der Waals surface area contributed by atoms with Crippen LogP contribution in [0, 0.1) is 6.92 Å². The highest BCUT2D eigenvalue weighted by Crippen LogP contribution is 2.21. The van der Waals surface area contributed by atoms with Gasteiger partial charge in [-0.3, -0.25) is 0 Å². The molecule has 0 saturated heterocycles. The minimum absolute atomic E-state index is 0.0637. The highest BCUT2D eigenvalue weighted by atomic mass is 35.5. The Balaban J connectivity index is 1.83. The van der Waals surface area contributed by atoms with E-state index in [1.165, 1.54) is 6.33 Å². The SMILES string of the molecule is Cc1nc(Cl)cc(N[C@H](C)c2cccc(-n3cncn3)c2)n1. The van der Waals surface area contributed by atoms with Gasteiger partial charge in [0.15, 0.2) is 0 Å². The van der Waals surface area contributed by atoms with Crippen molar-refractivity contribution in [1.82, 2.24) is 24.7 Å². The average Bonchev–Trinajstić information content (AvgIpc) is 3.00. The minimum atomic E-state index is 0.0637. The van der Waals surface area contributed by atoms with E-state index in [1.54, 1.807) is 17.1 Å². The molecule has 0 aliphatic heterocycles. The van der Waals surface area contributed by atoms with Crippen LogP contribution in [0.5, 0.6) is 0 Å². The van der Waals surface area contributed by atoms with Crippen molar-refractivity contribution in [3.8, 4) is 5.69 Å². The van der Waals surface area contributed by atoms with E-state index >= 15 is 0 Å². The standard InChI is InChI=1S/C15H15ClN6/c1-10(19-15-7-14(16)20-11(2)21-15)12-4-3-5-13(6-12)22-9-17-8-18-22/h3-10H,1-2H3,(H,19,20,21)/t10-/m1/s1. The molecule has 0 saturated carbocycles. The zero-order valence-corrected chi connectivity index (χ0v) is 13.0. The van der Waals surface area contributed by atoms with Gasteiger partial charge in [0.2, 0.25) is 0 Å². The Bertz CT molecular complexity index is 751. The number of halogens is 1. The molecule has 0 amide bonds. The third-order valence-corrected chi connectivity index (χ3v) is 3.42. The molecule has 112 valence electrons. The molecule has 0 fully saturated rings. The molecule has 0 bridgehead atoms. The largest absolute Gasteiger partial charge is 0.363 e. The molecule has 1 aromatic carbocycles. The first-order valence-electron chi connectivity index (χ1n) is 6.84. The highest BCUT2D eigenvalue weighted by molar-refractivity contribution is 6.29. The van der Waals surface area contributed by atoms with Crippen LogP contribution in [0.25, 0.3) is 5.69 Å². The number of benzene rings is 1. The lowest BCUT2D eigenvalue weighted by molar-refractivity contribution is 0.846. The van der Waals surface area contributed by atoms with Crippen LogP contribution in [0.2, 0.25) is 5.15 Å². The van der Waals surface area contributed by atoms with Crippen LogP contribution in [-0.4, -0.2) is 24.7 Å². The van der Waals surface area contributed by atoms with Gasteiger partial charge in [-0.15, -0.1) is 0 Å². The summed E-state index contributed by atoms with van der Waals surface area (Å²) in [7, 11) is 0. The predicted octanol–water partition coefficient (Wildman–Crippen LogP) is 3.19. The smallest absolute Gasteiger partial charge is 0.138 e. The number of aromatic nitrogens is 5. The number of anilines is 1. The van der Waals surface area contributed by atoms with Crippen LogP contribution < -0.4 is 5.32 Å². The van der Waals surface area contributed by atoms with Crippen molar-refractivity contribution in [3.05, 3.63) is 59.5 Å². The van der Waals surface area contributed by atoms with Crippen molar-refractivity contribution in [2.75, 3.05) is 5.32 Å². The van der Waals surface area contributed by atoms with Crippen LogP contribution in [0.4, 0.5) is 5.82 Å². The first kappa shape index (κ1) is 14.5. The summed E-state index contributed by atoms with van der Waals surface area (Å²) in [6.07, 6.45) is 3.19. The van der Waals surface area contributed by atoms with Crippen LogP contribution in [0.3, 0.4) is 0 Å². The zero-order valence-electron chi connectivity index (χ0n) is 12.2. The van der Waals surface area contributed by atoms with Gasteiger partial charge >= 0.3 is 0 Å². The van der Waals surface area contributed by atoms with Gasteiger partial charge in [-0.2, -0.15) is 5.10 Å². The lowest BCUT2D eigenvalue weighted by atomic mass is 10.1. The Morgan fingerprint density at radius 1 is 1.23 bits per heavy atom. The molecule has 3 aromatic rings. The maximum Gasteiger partial charge on any atom is 0.138 e. The van der Waals surface area contributed by atoms with Crippen molar-refractivity contribution in [2.24, 2.45) is 0 Å². The first-order valence-corrected chi connectivity index (χ1v) is 7.22. The second-order valence-corrected chi connectivity index (χ2v) is 5.31. The fourth-order valence-corrected chi connectivity index (χ4v) is 2.41. The van der Waals surface area contributed by atoms with Crippen LogP contribution in [-0.2, 0) is 0 Å². The summed E-state index contributed by atoms with van der Waals surface area (Å²) in [4.78, 5) is 12.4. The summed E-state index contributed by atoms with van der Waals surface area (Å²) in [5.41, 5.74) is 2.07. The molecule has 0 aliphatic carbocycles. The summed E-state index contributed by atoms with van der Waals surface area (Å²) < 4.78 is 1.72. The second kappa shape index (κ2) is 6.11. The van der Waals surface area contributed by atoms with Gasteiger partial charge in [0.1, 0.15) is 29.5 Å². The van der Waals surface area contributed by atoms with Crippen LogP contribution in [0.15, 0.2) is 43.0 Å². The zero-order chi connectivity index (χ0) is 15.5. The molecule has 2 heterocycles. The van der Waals surface area contributed by atoms with E-state index in [2.05, 4.69) is 38.4 Å². The summed E-state index contributed by atoms with van der Waals surface area (Å²) in [6, 6.07) is 9.86. The van der Waals surface area contributed by atoms with Crippen molar-refractivity contribution in [3.63, 3.8) is 0 Å². The molecule has 0 radical (unpaired) electrons. The molecule has 0 aliphatic rings. The molecular weight excluding hydrogens is 300 g/mol. The normalized spacial score (nSPS) is 12.1. The molecule has 6 nitrogen and oxygen atoms in total. The second-order valence-electron chi connectivity index (χ2n) is 4.92. The molecule has 7 heteroatoms. The van der Waals surface area contributed by atoms with Gasteiger partial charge in [-0.1, -0.05) is 23.7 Å². The molecule has 2 aromatic heterocycles. The molecule has 0 spiro atoms. The van der Waals surface area contributed by atoms with E-state index in [-0.39, 0.29) is 6.04 Å². The fourth-order valence-electron chi connectivity index (χ4n) is 2.19. The summed E-state index contributed by atoms with van der Waals surface area (Å²) in [5, 5.41) is 7.90. The fraction of sp³-hybridized carbons (Fsp3) is 0.200. The Kier molecular flexibility index (Phi) is 4.02. The van der Waals surface area contributed by atoms with Gasteiger partial charge in [0.25, 0.3) is 0 Å². The van der Waals surface area contributed by atoms with Crippen molar-refractivity contribution < 1.29 is 0 Å². The first-order chi connectivity index (χ1) is 10.6. The van der Waals surface area contributed by atoms with E-state index in [9.17, 15) is 0 Å². The average molecular weight is 315 g/mol. The minimum Gasteiger partial charge on any atom is -0.363 e. The number of hydrogen-bond acceptors (Lipinski definition) is 5. The molecular formula is C15H15ClN6. The van der Waals surface area contributed by atoms with E-state index in [4.69, 9.17) is 11.6 Å². The van der Waals surface area contributed by atoms with E-state index in [0.717, 1.165) is 11.3 Å². The number of aryl methyl sites for hydroxylation is 1. The summed E-state index contributed by atoms with van der Waals surface area (Å²) in [6.45, 7) is 3.87. The Hall–Kier alpha value is -2.47. The Morgan fingerprint density at radius 3 is 2.82 bits per heavy atom.